The van der Waals surface area contributed by atoms with E-state index in [2.05, 4.69) is 17.4 Å². The molecule has 0 heterocycles. The van der Waals surface area contributed by atoms with Crippen molar-refractivity contribution in [3.8, 4) is 5.75 Å². The van der Waals surface area contributed by atoms with Crippen molar-refractivity contribution in [3.63, 3.8) is 0 Å². The van der Waals surface area contributed by atoms with Crippen LogP contribution in [-0.4, -0.2) is 18.6 Å². The van der Waals surface area contributed by atoms with Gasteiger partial charge in [0.25, 0.3) is 0 Å². The molecule has 2 fully saturated rings. The van der Waals surface area contributed by atoms with E-state index in [-0.39, 0.29) is 5.91 Å². The normalized spacial score (nSPS) is 24.8. The molecular weight excluding hydrogens is 262 g/mol. The first kappa shape index (κ1) is 14.4. The summed E-state index contributed by atoms with van der Waals surface area (Å²) in [5, 5.41) is 3.20. The molecule has 0 aliphatic heterocycles. The van der Waals surface area contributed by atoms with Gasteiger partial charge in [0.05, 0.1) is 6.61 Å². The minimum atomic E-state index is 0.250. The number of hydrogen-bond acceptors (Lipinski definition) is 2. The number of hydrogen-bond donors (Lipinski definition) is 1. The lowest BCUT2D eigenvalue weighted by atomic mass is 10.0. The Balaban J connectivity index is 1.46. The zero-order chi connectivity index (χ0) is 14.7. The second-order valence-electron chi connectivity index (χ2n) is 6.37. The molecule has 0 bridgehead atoms. The fourth-order valence-corrected chi connectivity index (χ4v) is 3.44. The maximum absolute atomic E-state index is 12.0. The van der Waals surface area contributed by atoms with Gasteiger partial charge in [0.2, 0.25) is 5.91 Å². The van der Waals surface area contributed by atoms with Crippen LogP contribution in [0.4, 0.5) is 0 Å². The first-order chi connectivity index (χ1) is 10.3. The second-order valence-corrected chi connectivity index (χ2v) is 6.37. The number of carbonyl (C=O) groups is 1. The van der Waals surface area contributed by atoms with Gasteiger partial charge in [0.15, 0.2) is 0 Å². The maximum atomic E-state index is 12.0. The lowest BCUT2D eigenvalue weighted by Crippen LogP contribution is -2.27. The molecule has 3 nitrogen and oxygen atoms in total. The van der Waals surface area contributed by atoms with E-state index in [1.807, 2.05) is 19.1 Å². The minimum Gasteiger partial charge on any atom is -0.494 e. The topological polar surface area (TPSA) is 38.3 Å². The molecule has 0 spiro atoms. The summed E-state index contributed by atoms with van der Waals surface area (Å²) in [6.45, 7) is 2.69. The Hall–Kier alpha value is -1.51. The van der Waals surface area contributed by atoms with Gasteiger partial charge in [-0.05, 0) is 49.8 Å². The van der Waals surface area contributed by atoms with Gasteiger partial charge >= 0.3 is 0 Å². The SMILES string of the molecule is CCOc1ccc(C2CC2NC(=O)CC2CCCC2)cc1. The van der Waals surface area contributed by atoms with Crippen LogP contribution in [0.15, 0.2) is 24.3 Å². The number of rotatable bonds is 6. The van der Waals surface area contributed by atoms with Crippen LogP contribution in [0.5, 0.6) is 5.75 Å². The summed E-state index contributed by atoms with van der Waals surface area (Å²) in [6, 6.07) is 8.64. The third-order valence-corrected chi connectivity index (χ3v) is 4.70. The molecule has 2 aliphatic carbocycles. The van der Waals surface area contributed by atoms with Crippen LogP contribution in [0, 0.1) is 5.92 Å². The largest absolute Gasteiger partial charge is 0.494 e. The summed E-state index contributed by atoms with van der Waals surface area (Å²) in [7, 11) is 0. The molecule has 0 saturated heterocycles. The smallest absolute Gasteiger partial charge is 0.220 e. The lowest BCUT2D eigenvalue weighted by molar-refractivity contribution is -0.122. The van der Waals surface area contributed by atoms with Crippen molar-refractivity contribution in [2.45, 2.75) is 57.4 Å². The highest BCUT2D eigenvalue weighted by atomic mass is 16.5. The number of nitrogens with one attached hydrogen (secondary N) is 1. The molecule has 2 unspecified atom stereocenters. The van der Waals surface area contributed by atoms with Gasteiger partial charge in [-0.25, -0.2) is 0 Å². The monoisotopic (exact) mass is 287 g/mol. The molecule has 1 amide bonds. The molecule has 2 aliphatic rings. The van der Waals surface area contributed by atoms with Crippen molar-refractivity contribution in [2.24, 2.45) is 5.92 Å². The third-order valence-electron chi connectivity index (χ3n) is 4.70. The van der Waals surface area contributed by atoms with Crippen molar-refractivity contribution in [2.75, 3.05) is 6.61 Å². The van der Waals surface area contributed by atoms with Crippen molar-refractivity contribution < 1.29 is 9.53 Å². The highest BCUT2D eigenvalue weighted by Gasteiger charge is 2.39. The van der Waals surface area contributed by atoms with Gasteiger partial charge in [-0.15, -0.1) is 0 Å². The van der Waals surface area contributed by atoms with Crippen LogP contribution in [0.1, 0.15) is 56.9 Å². The van der Waals surface area contributed by atoms with Gasteiger partial charge in [0.1, 0.15) is 5.75 Å². The van der Waals surface area contributed by atoms with Crippen LogP contribution >= 0.6 is 0 Å². The van der Waals surface area contributed by atoms with Crippen LogP contribution in [-0.2, 0) is 4.79 Å². The van der Waals surface area contributed by atoms with E-state index in [4.69, 9.17) is 4.74 Å². The van der Waals surface area contributed by atoms with E-state index >= 15 is 0 Å². The summed E-state index contributed by atoms with van der Waals surface area (Å²) in [5.74, 6) is 2.30. The molecule has 0 aromatic heterocycles. The molecule has 1 aromatic rings. The molecule has 3 heteroatoms. The molecular formula is C18H25NO2. The van der Waals surface area contributed by atoms with E-state index in [1.165, 1.54) is 31.2 Å². The molecule has 2 atom stereocenters. The summed E-state index contributed by atoms with van der Waals surface area (Å²) in [6.07, 6.45) is 6.88. The Kier molecular flexibility index (Phi) is 4.47. The van der Waals surface area contributed by atoms with Crippen molar-refractivity contribution in [1.82, 2.24) is 5.32 Å². The summed E-state index contributed by atoms with van der Waals surface area (Å²) >= 11 is 0. The Morgan fingerprint density at radius 3 is 2.62 bits per heavy atom. The number of benzene rings is 1. The predicted molar refractivity (Wildman–Crippen MR) is 83.5 cm³/mol. The standard InChI is InChI=1S/C18H25NO2/c1-2-21-15-9-7-14(8-10-15)16-12-17(16)19-18(20)11-13-5-3-4-6-13/h7-10,13,16-17H,2-6,11-12H2,1H3,(H,19,20). The molecule has 3 rings (SSSR count). The Morgan fingerprint density at radius 1 is 1.24 bits per heavy atom. The molecule has 1 N–H and O–H groups in total. The number of carbonyl (C=O) groups excluding carboxylic acids is 1. The van der Waals surface area contributed by atoms with E-state index < -0.39 is 0 Å². The van der Waals surface area contributed by atoms with Crippen LogP contribution < -0.4 is 10.1 Å². The van der Waals surface area contributed by atoms with E-state index in [0.717, 1.165) is 18.6 Å². The van der Waals surface area contributed by atoms with Gasteiger partial charge in [-0.3, -0.25) is 4.79 Å². The first-order valence-corrected chi connectivity index (χ1v) is 8.28. The van der Waals surface area contributed by atoms with Crippen LogP contribution in [0.2, 0.25) is 0 Å². The zero-order valence-corrected chi connectivity index (χ0v) is 12.8. The van der Waals surface area contributed by atoms with Gasteiger partial charge < -0.3 is 10.1 Å². The maximum Gasteiger partial charge on any atom is 0.220 e. The van der Waals surface area contributed by atoms with Gasteiger partial charge in [-0.2, -0.15) is 0 Å². The van der Waals surface area contributed by atoms with Gasteiger partial charge in [-0.1, -0.05) is 25.0 Å². The van der Waals surface area contributed by atoms with Crippen LogP contribution in [0.25, 0.3) is 0 Å². The van der Waals surface area contributed by atoms with Crippen molar-refractivity contribution >= 4 is 5.91 Å². The predicted octanol–water partition coefficient (Wildman–Crippen LogP) is 3.64. The van der Waals surface area contributed by atoms with Crippen LogP contribution in [0.3, 0.4) is 0 Å². The van der Waals surface area contributed by atoms with E-state index in [0.29, 0.717) is 24.5 Å². The Labute approximate surface area is 127 Å². The van der Waals surface area contributed by atoms with Crippen molar-refractivity contribution in [3.05, 3.63) is 29.8 Å². The number of amides is 1. The Bertz CT molecular complexity index is 476. The van der Waals surface area contributed by atoms with Gasteiger partial charge in [0, 0.05) is 18.4 Å². The minimum absolute atomic E-state index is 0.250. The zero-order valence-electron chi connectivity index (χ0n) is 12.8. The molecule has 2 saturated carbocycles. The fourth-order valence-electron chi connectivity index (χ4n) is 3.44. The second kappa shape index (κ2) is 6.50. The molecule has 1 aromatic carbocycles. The lowest BCUT2D eigenvalue weighted by Gasteiger charge is -2.09. The van der Waals surface area contributed by atoms with E-state index in [9.17, 15) is 4.79 Å². The molecule has 114 valence electrons. The highest BCUT2D eigenvalue weighted by Crippen LogP contribution is 2.41. The first-order valence-electron chi connectivity index (χ1n) is 8.28. The van der Waals surface area contributed by atoms with Crippen molar-refractivity contribution in [1.29, 1.82) is 0 Å². The van der Waals surface area contributed by atoms with E-state index in [1.54, 1.807) is 0 Å². The fraction of sp³-hybridized carbons (Fsp3) is 0.611. The average Bonchev–Trinajstić information content (AvgIpc) is 3.04. The third kappa shape index (κ3) is 3.78. The molecule has 21 heavy (non-hydrogen) atoms. The summed E-state index contributed by atoms with van der Waals surface area (Å²) in [5.41, 5.74) is 1.31. The quantitative estimate of drug-likeness (QED) is 0.867. The average molecular weight is 287 g/mol. The molecule has 0 radical (unpaired) electrons. The summed E-state index contributed by atoms with van der Waals surface area (Å²) in [4.78, 5) is 12.0. The number of ether oxygens (including phenoxy) is 1. The highest BCUT2D eigenvalue weighted by molar-refractivity contribution is 5.77. The summed E-state index contributed by atoms with van der Waals surface area (Å²) < 4.78 is 5.46. The Morgan fingerprint density at radius 2 is 1.95 bits per heavy atom.